The molecule has 0 spiro atoms. The summed E-state index contributed by atoms with van der Waals surface area (Å²) >= 11 is 0. The first kappa shape index (κ1) is 11.0. The molecule has 1 aliphatic heterocycles. The third-order valence-corrected chi connectivity index (χ3v) is 4.12. The van der Waals surface area contributed by atoms with Crippen molar-refractivity contribution >= 4 is 21.8 Å². The zero-order chi connectivity index (χ0) is 9.90. The van der Waals surface area contributed by atoms with Crippen molar-refractivity contribution in [1.82, 2.24) is 9.21 Å². The molecule has 0 unspecified atom stereocenters. The van der Waals surface area contributed by atoms with E-state index in [0.717, 1.165) is 19.6 Å². The van der Waals surface area contributed by atoms with E-state index in [4.69, 9.17) is 5.26 Å². The maximum atomic E-state index is 8.78. The lowest BCUT2D eigenvalue weighted by molar-refractivity contribution is 0.130. The van der Waals surface area contributed by atoms with Gasteiger partial charge in [0.1, 0.15) is 0 Å². The lowest BCUT2D eigenvalue weighted by Crippen LogP contribution is -2.54. The molecule has 74 valence electrons. The Labute approximate surface area is 88.0 Å². The van der Waals surface area contributed by atoms with Crippen LogP contribution in [0.3, 0.4) is 0 Å². The molecule has 5 heteroatoms. The van der Waals surface area contributed by atoms with E-state index in [1.165, 1.54) is 0 Å². The zero-order valence-electron chi connectivity index (χ0n) is 8.28. The highest BCUT2D eigenvalue weighted by Gasteiger charge is 2.33. The molecule has 0 radical (unpaired) electrons. The Hall–Kier alpha value is -0.0500. The highest BCUT2D eigenvalue weighted by atomic mass is 33.1. The molecule has 0 aromatic heterocycles. The number of nitrogens with zero attached hydrogens (tertiary/aromatic N) is 3. The summed E-state index contributed by atoms with van der Waals surface area (Å²) in [4.78, 5) is 1.83. The van der Waals surface area contributed by atoms with Gasteiger partial charge in [0.15, 0.2) is 6.19 Å². The SMILES string of the molecule is CSSN1CCN(C#N)CC1(C)C. The number of piperazine rings is 1. The third-order valence-electron chi connectivity index (χ3n) is 2.13. The predicted octanol–water partition coefficient (Wildman–Crippen LogP) is 1.79. The quantitative estimate of drug-likeness (QED) is 0.400. The van der Waals surface area contributed by atoms with E-state index >= 15 is 0 Å². The van der Waals surface area contributed by atoms with Crippen molar-refractivity contribution in [2.75, 3.05) is 25.9 Å². The first-order chi connectivity index (χ1) is 6.10. The van der Waals surface area contributed by atoms with Gasteiger partial charge < -0.3 is 4.90 Å². The lowest BCUT2D eigenvalue weighted by Gasteiger charge is -2.43. The molecule has 0 saturated carbocycles. The van der Waals surface area contributed by atoms with Gasteiger partial charge in [0.25, 0.3) is 0 Å². The Balaban J connectivity index is 2.57. The lowest BCUT2D eigenvalue weighted by atomic mass is 10.0. The maximum absolute atomic E-state index is 8.78. The van der Waals surface area contributed by atoms with Gasteiger partial charge in [0.05, 0.1) is 0 Å². The standard InChI is InChI=1S/C8H15N3S2/c1-8(2)6-10(7-9)4-5-11(8)13-12-3/h4-6H2,1-3H3. The molecule has 0 aromatic carbocycles. The van der Waals surface area contributed by atoms with Gasteiger partial charge in [0.2, 0.25) is 0 Å². The first-order valence-electron chi connectivity index (χ1n) is 4.23. The molecular weight excluding hydrogens is 202 g/mol. The average molecular weight is 217 g/mol. The fourth-order valence-corrected chi connectivity index (χ4v) is 3.42. The minimum absolute atomic E-state index is 0.0989. The second-order valence-corrected chi connectivity index (χ2v) is 6.05. The van der Waals surface area contributed by atoms with Crippen LogP contribution >= 0.6 is 21.8 Å². The largest absolute Gasteiger partial charge is 0.307 e. The van der Waals surface area contributed by atoms with Crippen LogP contribution in [0, 0.1) is 11.5 Å². The van der Waals surface area contributed by atoms with Gasteiger partial charge in [-0.05, 0) is 31.1 Å². The molecule has 0 aromatic rings. The molecule has 1 saturated heterocycles. The van der Waals surface area contributed by atoms with Crippen LogP contribution in [-0.4, -0.2) is 40.6 Å². The summed E-state index contributed by atoms with van der Waals surface area (Å²) in [5, 5.41) is 8.78. The molecule has 3 nitrogen and oxygen atoms in total. The molecule has 1 aliphatic rings. The Bertz CT molecular complexity index is 212. The Kier molecular flexibility index (Phi) is 3.77. The van der Waals surface area contributed by atoms with Crippen LogP contribution in [0.15, 0.2) is 0 Å². The molecule has 0 bridgehead atoms. The van der Waals surface area contributed by atoms with E-state index in [1.54, 1.807) is 21.8 Å². The van der Waals surface area contributed by atoms with Crippen LogP contribution in [0.4, 0.5) is 0 Å². The molecule has 0 amide bonds. The van der Waals surface area contributed by atoms with Crippen LogP contribution < -0.4 is 0 Å². The van der Waals surface area contributed by atoms with Crippen LogP contribution in [-0.2, 0) is 0 Å². The van der Waals surface area contributed by atoms with Crippen LogP contribution in [0.1, 0.15) is 13.8 Å². The van der Waals surface area contributed by atoms with Gasteiger partial charge in [-0.1, -0.05) is 10.8 Å². The van der Waals surface area contributed by atoms with Crippen molar-refractivity contribution < 1.29 is 0 Å². The van der Waals surface area contributed by atoms with E-state index in [1.807, 2.05) is 4.90 Å². The van der Waals surface area contributed by atoms with Crippen molar-refractivity contribution in [3.8, 4) is 6.19 Å². The van der Waals surface area contributed by atoms with E-state index in [-0.39, 0.29) is 5.54 Å². The molecular formula is C8H15N3S2. The number of hydrogen-bond donors (Lipinski definition) is 0. The van der Waals surface area contributed by atoms with Crippen LogP contribution in [0.2, 0.25) is 0 Å². The highest BCUT2D eigenvalue weighted by Crippen LogP contribution is 2.33. The van der Waals surface area contributed by atoms with Crippen molar-refractivity contribution in [1.29, 1.82) is 5.26 Å². The Morgan fingerprint density at radius 2 is 2.08 bits per heavy atom. The topological polar surface area (TPSA) is 30.3 Å². The van der Waals surface area contributed by atoms with Gasteiger partial charge in [-0.3, -0.25) is 0 Å². The van der Waals surface area contributed by atoms with Gasteiger partial charge in [-0.15, -0.1) is 0 Å². The maximum Gasteiger partial charge on any atom is 0.179 e. The normalized spacial score (nSPS) is 22.8. The summed E-state index contributed by atoms with van der Waals surface area (Å²) in [6, 6.07) is 0. The summed E-state index contributed by atoms with van der Waals surface area (Å²) in [6.07, 6.45) is 4.29. The Morgan fingerprint density at radius 1 is 1.38 bits per heavy atom. The van der Waals surface area contributed by atoms with Crippen molar-refractivity contribution in [3.63, 3.8) is 0 Å². The number of rotatable bonds is 2. The molecule has 1 rings (SSSR count). The average Bonchev–Trinajstić information content (AvgIpc) is 2.08. The van der Waals surface area contributed by atoms with Crippen molar-refractivity contribution in [3.05, 3.63) is 0 Å². The monoisotopic (exact) mass is 217 g/mol. The molecule has 0 aliphatic carbocycles. The number of hydrogen-bond acceptors (Lipinski definition) is 5. The summed E-state index contributed by atoms with van der Waals surface area (Å²) < 4.78 is 2.35. The van der Waals surface area contributed by atoms with Crippen molar-refractivity contribution in [2.45, 2.75) is 19.4 Å². The second kappa shape index (κ2) is 4.45. The van der Waals surface area contributed by atoms with Gasteiger partial charge in [-0.2, -0.15) is 5.26 Å². The molecule has 1 fully saturated rings. The molecule has 0 N–H and O–H groups in total. The summed E-state index contributed by atoms with van der Waals surface area (Å²) in [5.41, 5.74) is 0.0989. The fraction of sp³-hybridized carbons (Fsp3) is 0.875. The second-order valence-electron chi connectivity index (χ2n) is 3.68. The third kappa shape index (κ3) is 2.70. The van der Waals surface area contributed by atoms with Crippen molar-refractivity contribution in [2.24, 2.45) is 0 Å². The van der Waals surface area contributed by atoms with E-state index in [9.17, 15) is 0 Å². The highest BCUT2D eigenvalue weighted by molar-refractivity contribution is 8.75. The summed E-state index contributed by atoms with van der Waals surface area (Å²) in [7, 11) is 3.55. The molecule has 0 atom stereocenters. The Morgan fingerprint density at radius 3 is 2.54 bits per heavy atom. The summed E-state index contributed by atoms with van der Waals surface area (Å²) in [5.74, 6) is 0. The van der Waals surface area contributed by atoms with Gasteiger partial charge in [-0.25, -0.2) is 4.31 Å². The minimum Gasteiger partial charge on any atom is -0.307 e. The van der Waals surface area contributed by atoms with Gasteiger partial charge >= 0.3 is 0 Å². The van der Waals surface area contributed by atoms with Gasteiger partial charge in [0, 0.05) is 25.2 Å². The molecule has 1 heterocycles. The minimum atomic E-state index is 0.0989. The van der Waals surface area contributed by atoms with E-state index in [0.29, 0.717) is 0 Å². The van der Waals surface area contributed by atoms with E-state index in [2.05, 4.69) is 30.6 Å². The van der Waals surface area contributed by atoms with E-state index < -0.39 is 0 Å². The summed E-state index contributed by atoms with van der Waals surface area (Å²) in [6.45, 7) is 7.01. The number of nitriles is 1. The zero-order valence-corrected chi connectivity index (χ0v) is 9.91. The van der Waals surface area contributed by atoms with Crippen LogP contribution in [0.5, 0.6) is 0 Å². The first-order valence-corrected chi connectivity index (χ1v) is 6.75. The molecule has 13 heavy (non-hydrogen) atoms. The van der Waals surface area contributed by atoms with Crippen LogP contribution in [0.25, 0.3) is 0 Å². The fourth-order valence-electron chi connectivity index (χ4n) is 1.45. The smallest absolute Gasteiger partial charge is 0.179 e. The predicted molar refractivity (Wildman–Crippen MR) is 59.1 cm³/mol.